The number of pyridine rings is 1. The molecule has 0 fully saturated rings. The van der Waals surface area contributed by atoms with E-state index in [1.165, 1.54) is 16.0 Å². The van der Waals surface area contributed by atoms with Gasteiger partial charge in [-0.2, -0.15) is 0 Å². The maximum absolute atomic E-state index is 13.0. The van der Waals surface area contributed by atoms with Gasteiger partial charge in [0.1, 0.15) is 0 Å². The number of rotatable bonds is 4. The van der Waals surface area contributed by atoms with Crippen LogP contribution in [-0.4, -0.2) is 32.1 Å². The molecule has 1 amide bonds. The summed E-state index contributed by atoms with van der Waals surface area (Å²) in [5.74, 6) is -0.186. The van der Waals surface area contributed by atoms with E-state index in [4.69, 9.17) is 11.6 Å². The van der Waals surface area contributed by atoms with Gasteiger partial charge in [0.25, 0.3) is 11.5 Å². The van der Waals surface area contributed by atoms with Crippen LogP contribution in [-0.2, 0) is 13.6 Å². The Kier molecular flexibility index (Phi) is 4.47. The number of nitrogens with zero attached hydrogens (tertiary/aromatic N) is 3. The lowest BCUT2D eigenvalue weighted by molar-refractivity contribution is 0.0756. The molecular weight excluding hydrogens is 348 g/mol. The molecule has 0 unspecified atom stereocenters. The Morgan fingerprint density at radius 2 is 2.21 bits per heavy atom. The molecule has 0 spiro atoms. The molecule has 0 saturated carbocycles. The summed E-state index contributed by atoms with van der Waals surface area (Å²) in [6.07, 6.45) is 0. The summed E-state index contributed by atoms with van der Waals surface area (Å²) < 4.78 is 2.23. The summed E-state index contributed by atoms with van der Waals surface area (Å²) in [6.45, 7) is 4.71. The molecule has 0 atom stereocenters. The number of thiophene rings is 1. The van der Waals surface area contributed by atoms with Gasteiger partial charge < -0.3 is 4.90 Å². The molecule has 3 heterocycles. The van der Waals surface area contributed by atoms with Crippen molar-refractivity contribution in [2.24, 2.45) is 7.05 Å². The van der Waals surface area contributed by atoms with Gasteiger partial charge in [0.2, 0.25) is 0 Å². The fraction of sp³-hybridized carbons (Fsp3) is 0.312. The van der Waals surface area contributed by atoms with Crippen LogP contribution in [0.3, 0.4) is 0 Å². The van der Waals surface area contributed by atoms with Crippen LogP contribution in [0.25, 0.3) is 11.0 Å². The minimum absolute atomic E-state index is 0.186. The van der Waals surface area contributed by atoms with Crippen LogP contribution in [0.5, 0.6) is 0 Å². The van der Waals surface area contributed by atoms with Gasteiger partial charge in [-0.3, -0.25) is 19.4 Å². The van der Waals surface area contributed by atoms with Crippen LogP contribution in [0.1, 0.15) is 27.9 Å². The van der Waals surface area contributed by atoms with E-state index in [0.717, 1.165) is 4.88 Å². The molecule has 0 radical (unpaired) electrons. The molecule has 0 aliphatic rings. The smallest absolute Gasteiger partial charge is 0.274 e. The highest BCUT2D eigenvalue weighted by molar-refractivity contribution is 7.16. The average molecular weight is 365 g/mol. The van der Waals surface area contributed by atoms with Crippen molar-refractivity contribution in [1.29, 1.82) is 0 Å². The first-order chi connectivity index (χ1) is 11.4. The molecule has 0 bridgehead atoms. The minimum atomic E-state index is -0.307. The number of aromatic amines is 1. The fourth-order valence-electron chi connectivity index (χ4n) is 2.68. The van der Waals surface area contributed by atoms with E-state index in [9.17, 15) is 9.59 Å². The molecule has 3 aromatic rings. The molecule has 3 aromatic heterocycles. The second kappa shape index (κ2) is 6.41. The van der Waals surface area contributed by atoms with Crippen LogP contribution in [0.2, 0.25) is 4.34 Å². The number of carbonyl (C=O) groups excluding carboxylic acids is 1. The van der Waals surface area contributed by atoms with Crippen molar-refractivity contribution < 1.29 is 4.79 Å². The topological polar surface area (TPSA) is 71.0 Å². The minimum Gasteiger partial charge on any atom is -0.334 e. The lowest BCUT2D eigenvalue weighted by atomic mass is 10.1. The summed E-state index contributed by atoms with van der Waals surface area (Å²) in [4.78, 5) is 32.3. The lowest BCUT2D eigenvalue weighted by Crippen LogP contribution is -2.30. The zero-order valence-corrected chi connectivity index (χ0v) is 15.2. The zero-order chi connectivity index (χ0) is 17.4. The number of aromatic nitrogens is 3. The second-order valence-electron chi connectivity index (χ2n) is 5.53. The van der Waals surface area contributed by atoms with Crippen LogP contribution in [0, 0.1) is 6.92 Å². The quantitative estimate of drug-likeness (QED) is 0.773. The number of carbonyl (C=O) groups is 1. The number of aryl methyl sites for hydroxylation is 2. The van der Waals surface area contributed by atoms with Crippen LogP contribution in [0.4, 0.5) is 0 Å². The number of hydrogen-bond acceptors (Lipinski definition) is 4. The Labute approximate surface area is 147 Å². The predicted molar refractivity (Wildman–Crippen MR) is 95.8 cm³/mol. The van der Waals surface area contributed by atoms with E-state index in [2.05, 4.69) is 10.1 Å². The van der Waals surface area contributed by atoms with Gasteiger partial charge in [0.15, 0.2) is 5.65 Å². The first kappa shape index (κ1) is 16.7. The predicted octanol–water partition coefficient (Wildman–Crippen LogP) is 2.95. The van der Waals surface area contributed by atoms with E-state index in [1.807, 2.05) is 26.0 Å². The highest BCUT2D eigenvalue weighted by Gasteiger charge is 2.22. The van der Waals surface area contributed by atoms with Gasteiger partial charge in [0.05, 0.1) is 21.8 Å². The molecule has 126 valence electrons. The van der Waals surface area contributed by atoms with E-state index in [-0.39, 0.29) is 11.5 Å². The van der Waals surface area contributed by atoms with E-state index < -0.39 is 0 Å². The van der Waals surface area contributed by atoms with Crippen molar-refractivity contribution in [2.75, 3.05) is 6.54 Å². The van der Waals surface area contributed by atoms with Gasteiger partial charge in [-0.1, -0.05) is 11.6 Å². The van der Waals surface area contributed by atoms with Crippen molar-refractivity contribution in [3.05, 3.63) is 49.0 Å². The van der Waals surface area contributed by atoms with Crippen LogP contribution >= 0.6 is 22.9 Å². The van der Waals surface area contributed by atoms with Crippen molar-refractivity contribution in [3.8, 4) is 0 Å². The van der Waals surface area contributed by atoms with Crippen molar-refractivity contribution in [3.63, 3.8) is 0 Å². The lowest BCUT2D eigenvalue weighted by Gasteiger charge is -2.20. The summed E-state index contributed by atoms with van der Waals surface area (Å²) in [5.41, 5.74) is 1.25. The number of fused-ring (bicyclic) bond motifs is 1. The van der Waals surface area contributed by atoms with Gasteiger partial charge in [-0.15, -0.1) is 11.3 Å². The monoisotopic (exact) mass is 364 g/mol. The Balaban J connectivity index is 2.05. The third-order valence-electron chi connectivity index (χ3n) is 3.82. The Morgan fingerprint density at radius 1 is 1.46 bits per heavy atom. The van der Waals surface area contributed by atoms with Gasteiger partial charge in [-0.05, 0) is 32.0 Å². The second-order valence-corrected chi connectivity index (χ2v) is 7.33. The highest BCUT2D eigenvalue weighted by Crippen LogP contribution is 2.24. The first-order valence-electron chi connectivity index (χ1n) is 7.50. The summed E-state index contributed by atoms with van der Waals surface area (Å²) in [7, 11) is 1.70. The normalized spacial score (nSPS) is 11.2. The zero-order valence-electron chi connectivity index (χ0n) is 13.6. The molecule has 8 heteroatoms. The first-order valence-corrected chi connectivity index (χ1v) is 8.70. The van der Waals surface area contributed by atoms with Crippen molar-refractivity contribution in [1.82, 2.24) is 19.7 Å². The Hall–Kier alpha value is -2.12. The van der Waals surface area contributed by atoms with E-state index in [0.29, 0.717) is 39.7 Å². The molecule has 0 saturated heterocycles. The van der Waals surface area contributed by atoms with E-state index >= 15 is 0 Å². The number of nitrogens with one attached hydrogen (secondary N) is 1. The molecular formula is C16H17ClN4O2S. The van der Waals surface area contributed by atoms with Crippen LogP contribution < -0.4 is 5.56 Å². The Bertz CT molecular complexity index is 972. The maximum Gasteiger partial charge on any atom is 0.274 e. The molecule has 1 N–H and O–H groups in total. The number of hydrogen-bond donors (Lipinski definition) is 1. The SMILES string of the molecule is CCN(Cc1ccc(Cl)s1)C(=O)c1cc(C)nc2c1c(=O)[nH]n2C. The van der Waals surface area contributed by atoms with Crippen molar-refractivity contribution in [2.45, 2.75) is 20.4 Å². The standard InChI is InChI=1S/C16H17ClN4O2S/c1-4-21(8-10-5-6-12(17)24-10)16(23)11-7-9(2)18-14-13(11)15(22)19-20(14)3/h5-7H,4,8H2,1-3H3,(H,19,22). The Morgan fingerprint density at radius 3 is 2.83 bits per heavy atom. The fourth-order valence-corrected chi connectivity index (χ4v) is 3.78. The maximum atomic E-state index is 13.0. The summed E-state index contributed by atoms with van der Waals surface area (Å²) in [5, 5.41) is 2.99. The molecule has 3 rings (SSSR count). The molecule has 0 aliphatic carbocycles. The summed E-state index contributed by atoms with van der Waals surface area (Å²) >= 11 is 7.41. The average Bonchev–Trinajstić information content (AvgIpc) is 3.07. The largest absolute Gasteiger partial charge is 0.334 e. The van der Waals surface area contributed by atoms with Gasteiger partial charge in [-0.25, -0.2) is 4.98 Å². The molecule has 6 nitrogen and oxygen atoms in total. The molecule has 0 aromatic carbocycles. The van der Waals surface area contributed by atoms with Crippen molar-refractivity contribution >= 4 is 39.9 Å². The summed E-state index contributed by atoms with van der Waals surface area (Å²) in [6, 6.07) is 5.40. The third-order valence-corrected chi connectivity index (χ3v) is 5.03. The van der Waals surface area contributed by atoms with Gasteiger partial charge >= 0.3 is 0 Å². The van der Waals surface area contributed by atoms with Gasteiger partial charge in [0, 0.05) is 24.2 Å². The number of amides is 1. The highest BCUT2D eigenvalue weighted by atomic mass is 35.5. The number of halogens is 1. The molecule has 0 aliphatic heterocycles. The van der Waals surface area contributed by atoms with Crippen LogP contribution in [0.15, 0.2) is 23.0 Å². The van der Waals surface area contributed by atoms with E-state index in [1.54, 1.807) is 18.0 Å². The molecule has 24 heavy (non-hydrogen) atoms. The number of H-pyrrole nitrogens is 1. The third kappa shape index (κ3) is 2.97.